The molecule has 35 heavy (non-hydrogen) atoms. The van der Waals surface area contributed by atoms with Crippen molar-refractivity contribution in [2.24, 2.45) is 5.16 Å². The van der Waals surface area contributed by atoms with Gasteiger partial charge in [-0.1, -0.05) is 58.2 Å². The van der Waals surface area contributed by atoms with Crippen LogP contribution in [0.3, 0.4) is 0 Å². The third kappa shape index (κ3) is 6.59. The minimum Gasteiger partial charge on any atom is -0.387 e. The lowest BCUT2D eigenvalue weighted by Gasteiger charge is -2.35. The third-order valence-corrected chi connectivity index (χ3v) is 7.36. The Morgan fingerprint density at radius 3 is 2.57 bits per heavy atom. The van der Waals surface area contributed by atoms with Crippen LogP contribution in [0, 0.1) is 0 Å². The molecular formula is C23H25Cl3N4O4S. The summed E-state index contributed by atoms with van der Waals surface area (Å²) in [4.78, 5) is 18.6. The molecule has 4 rings (SSSR count). The van der Waals surface area contributed by atoms with Gasteiger partial charge in [0.15, 0.2) is 10.9 Å². The van der Waals surface area contributed by atoms with Crippen molar-refractivity contribution in [3.8, 4) is 0 Å². The van der Waals surface area contributed by atoms with Crippen molar-refractivity contribution in [1.29, 1.82) is 0 Å². The van der Waals surface area contributed by atoms with Crippen LogP contribution in [0.4, 0.5) is 11.4 Å². The van der Waals surface area contributed by atoms with Gasteiger partial charge in [0, 0.05) is 42.5 Å². The van der Waals surface area contributed by atoms with Gasteiger partial charge in [-0.3, -0.25) is 4.79 Å². The largest absolute Gasteiger partial charge is 0.387 e. The molecule has 0 bridgehead atoms. The van der Waals surface area contributed by atoms with Crippen LogP contribution in [0.5, 0.6) is 0 Å². The van der Waals surface area contributed by atoms with Gasteiger partial charge in [-0.15, -0.1) is 0 Å². The highest BCUT2D eigenvalue weighted by atomic mass is 35.5. The molecule has 12 heteroatoms. The minimum atomic E-state index is -3.24. The van der Waals surface area contributed by atoms with Gasteiger partial charge >= 0.3 is 0 Å². The van der Waals surface area contributed by atoms with Crippen molar-refractivity contribution in [2.45, 2.75) is 36.2 Å². The Morgan fingerprint density at radius 2 is 1.89 bits per heavy atom. The van der Waals surface area contributed by atoms with E-state index in [2.05, 4.69) is 20.1 Å². The van der Waals surface area contributed by atoms with Crippen molar-refractivity contribution in [3.63, 3.8) is 0 Å². The summed E-state index contributed by atoms with van der Waals surface area (Å²) in [6, 6.07) is 12.9. The maximum Gasteiger partial charge on any atom is 0.257 e. The first-order chi connectivity index (χ1) is 16.6. The van der Waals surface area contributed by atoms with Gasteiger partial charge in [-0.2, -0.15) is 0 Å². The molecule has 1 unspecified atom stereocenters. The van der Waals surface area contributed by atoms with E-state index in [4.69, 9.17) is 39.6 Å². The zero-order valence-electron chi connectivity index (χ0n) is 18.9. The summed E-state index contributed by atoms with van der Waals surface area (Å²) in [6.45, 7) is 1.37. The van der Waals surface area contributed by atoms with E-state index in [0.29, 0.717) is 43.1 Å². The normalized spacial score (nSPS) is 18.9. The second kappa shape index (κ2) is 10.9. The fourth-order valence-electron chi connectivity index (χ4n) is 4.32. The average molecular weight is 560 g/mol. The third-order valence-electron chi connectivity index (χ3n) is 5.89. The fraction of sp³-hybridized carbons (Fsp3) is 0.391. The molecule has 8 nitrogen and oxygen atoms in total. The average Bonchev–Trinajstić information content (AvgIpc) is 3.28. The van der Waals surface area contributed by atoms with Gasteiger partial charge in [0.1, 0.15) is 0 Å². The number of hydrogen-bond acceptors (Lipinski definition) is 6. The number of halogens is 3. The van der Waals surface area contributed by atoms with Crippen LogP contribution < -0.4 is 14.9 Å². The number of amides is 1. The number of carbonyl (C=O) groups is 1. The SMILES string of the molecule is CS(=O)(=O)NC1CCN(c2cccc(Cl)c2C2=NOC(c3cccc(NC(=O)C(Cl)Cl)c3)C2)CC1. The molecule has 2 aliphatic heterocycles. The van der Waals surface area contributed by atoms with E-state index in [1.807, 2.05) is 24.3 Å². The fourth-order valence-corrected chi connectivity index (χ4v) is 5.55. The van der Waals surface area contributed by atoms with E-state index < -0.39 is 20.8 Å². The Kier molecular flexibility index (Phi) is 8.12. The molecule has 0 aromatic heterocycles. The van der Waals surface area contributed by atoms with E-state index in [1.54, 1.807) is 18.2 Å². The number of alkyl halides is 2. The highest BCUT2D eigenvalue weighted by Crippen LogP contribution is 2.37. The second-order valence-electron chi connectivity index (χ2n) is 8.54. The molecule has 2 heterocycles. The number of anilines is 2. The van der Waals surface area contributed by atoms with Crippen LogP contribution in [-0.4, -0.2) is 50.3 Å². The standard InChI is InChI=1S/C23H25Cl3N4O4S/c1-35(32,33)29-15-8-10-30(11-9-15)19-7-3-6-17(24)21(19)18-13-20(34-28-18)14-4-2-5-16(12-14)27-23(31)22(25)26/h2-7,12,15,20,22,29H,8-11,13H2,1H3,(H,27,31). The first kappa shape index (κ1) is 26.0. The second-order valence-corrected chi connectivity index (χ2v) is 11.8. The zero-order valence-corrected chi connectivity index (χ0v) is 22.0. The number of rotatable bonds is 7. The summed E-state index contributed by atoms with van der Waals surface area (Å²) in [7, 11) is -3.24. The smallest absolute Gasteiger partial charge is 0.257 e. The molecular weight excluding hydrogens is 535 g/mol. The molecule has 2 aliphatic rings. The Balaban J connectivity index is 1.48. The van der Waals surface area contributed by atoms with Gasteiger partial charge in [0.05, 0.1) is 17.0 Å². The minimum absolute atomic E-state index is 0.0823. The number of piperidine rings is 1. The lowest BCUT2D eigenvalue weighted by atomic mass is 9.97. The van der Waals surface area contributed by atoms with Gasteiger partial charge in [0.2, 0.25) is 10.0 Å². The van der Waals surface area contributed by atoms with Crippen molar-refractivity contribution < 1.29 is 18.0 Å². The molecule has 2 aromatic carbocycles. The lowest BCUT2D eigenvalue weighted by Crippen LogP contribution is -2.44. The van der Waals surface area contributed by atoms with Crippen LogP contribution >= 0.6 is 34.8 Å². The van der Waals surface area contributed by atoms with E-state index in [0.717, 1.165) is 22.5 Å². The number of nitrogens with one attached hydrogen (secondary N) is 2. The van der Waals surface area contributed by atoms with Crippen molar-refractivity contribution in [1.82, 2.24) is 4.72 Å². The Hall–Kier alpha value is -2.04. The topological polar surface area (TPSA) is 100 Å². The molecule has 188 valence electrons. The summed E-state index contributed by atoms with van der Waals surface area (Å²) in [5, 5.41) is 7.57. The van der Waals surface area contributed by atoms with Crippen LogP contribution in [0.25, 0.3) is 0 Å². The molecule has 1 saturated heterocycles. The van der Waals surface area contributed by atoms with Gasteiger partial charge < -0.3 is 15.1 Å². The predicted octanol–water partition coefficient (Wildman–Crippen LogP) is 4.47. The van der Waals surface area contributed by atoms with Gasteiger partial charge in [-0.05, 0) is 42.7 Å². The summed E-state index contributed by atoms with van der Waals surface area (Å²) < 4.78 is 25.8. The number of benzene rings is 2. The quantitative estimate of drug-likeness (QED) is 0.488. The highest BCUT2D eigenvalue weighted by Gasteiger charge is 2.30. The summed E-state index contributed by atoms with van der Waals surface area (Å²) >= 11 is 17.9. The predicted molar refractivity (Wildman–Crippen MR) is 140 cm³/mol. The first-order valence-electron chi connectivity index (χ1n) is 11.0. The highest BCUT2D eigenvalue weighted by molar-refractivity contribution is 7.88. The molecule has 2 N–H and O–H groups in total. The molecule has 0 aliphatic carbocycles. The molecule has 0 radical (unpaired) electrons. The van der Waals surface area contributed by atoms with Gasteiger partial charge in [-0.25, -0.2) is 13.1 Å². The van der Waals surface area contributed by atoms with Crippen molar-refractivity contribution >= 4 is 67.8 Å². The van der Waals surface area contributed by atoms with Crippen LogP contribution in [0.2, 0.25) is 5.02 Å². The van der Waals surface area contributed by atoms with Gasteiger partial charge in [0.25, 0.3) is 5.91 Å². The van der Waals surface area contributed by atoms with E-state index in [9.17, 15) is 13.2 Å². The zero-order chi connectivity index (χ0) is 25.2. The van der Waals surface area contributed by atoms with E-state index >= 15 is 0 Å². The Labute approximate surface area is 219 Å². The van der Waals surface area contributed by atoms with Crippen molar-refractivity contribution in [2.75, 3.05) is 29.6 Å². The molecule has 0 spiro atoms. The Morgan fingerprint density at radius 1 is 1.17 bits per heavy atom. The molecule has 2 aromatic rings. The molecule has 0 saturated carbocycles. The summed E-state index contributed by atoms with van der Waals surface area (Å²) in [5.74, 6) is -0.508. The molecule has 1 fully saturated rings. The summed E-state index contributed by atoms with van der Waals surface area (Å²) in [5.41, 5.74) is 3.86. The first-order valence-corrected chi connectivity index (χ1v) is 14.2. The van der Waals surface area contributed by atoms with Crippen molar-refractivity contribution in [3.05, 3.63) is 58.6 Å². The van der Waals surface area contributed by atoms with Crippen LogP contribution in [0.15, 0.2) is 47.6 Å². The molecule has 1 atom stereocenters. The number of hydrogen-bond donors (Lipinski definition) is 2. The van der Waals surface area contributed by atoms with Crippen LogP contribution in [-0.2, 0) is 19.7 Å². The lowest BCUT2D eigenvalue weighted by molar-refractivity contribution is -0.114. The number of oxime groups is 1. The van der Waals surface area contributed by atoms with Crippen LogP contribution in [0.1, 0.15) is 36.5 Å². The maximum absolute atomic E-state index is 11.8. The number of nitrogens with zero attached hydrogens (tertiary/aromatic N) is 2. The maximum atomic E-state index is 11.8. The van der Waals surface area contributed by atoms with E-state index in [-0.39, 0.29) is 12.1 Å². The molecule has 1 amide bonds. The monoisotopic (exact) mass is 558 g/mol. The number of carbonyl (C=O) groups excluding carboxylic acids is 1. The summed E-state index contributed by atoms with van der Waals surface area (Å²) in [6.07, 6.45) is 2.70. The Bertz CT molecular complexity index is 1230. The van der Waals surface area contributed by atoms with E-state index in [1.165, 1.54) is 6.26 Å². The number of sulfonamides is 1.